The number of rotatable bonds is 3. The topological polar surface area (TPSA) is 97.4 Å². The van der Waals surface area contributed by atoms with E-state index in [1.807, 2.05) is 12.1 Å². The van der Waals surface area contributed by atoms with Crippen molar-refractivity contribution in [2.45, 2.75) is 45.2 Å². The van der Waals surface area contributed by atoms with Crippen molar-refractivity contribution in [2.24, 2.45) is 0 Å². The fourth-order valence-electron chi connectivity index (χ4n) is 4.60. The van der Waals surface area contributed by atoms with Crippen LogP contribution in [0.2, 0.25) is 0 Å². The number of ketones is 1. The third-order valence-electron chi connectivity index (χ3n) is 5.96. The van der Waals surface area contributed by atoms with Gasteiger partial charge in [-0.05, 0) is 28.7 Å². The molecule has 0 saturated heterocycles. The molecule has 3 aliphatic rings. The van der Waals surface area contributed by atoms with Gasteiger partial charge in [0.25, 0.3) is 6.29 Å². The molecule has 0 bridgehead atoms. The Kier molecular flexibility index (Phi) is 4.30. The van der Waals surface area contributed by atoms with Crippen molar-refractivity contribution in [3.8, 4) is 17.2 Å². The number of ether oxygens (including phenoxy) is 5. The highest BCUT2D eigenvalue weighted by Crippen LogP contribution is 2.54. The van der Waals surface area contributed by atoms with Gasteiger partial charge in [-0.1, -0.05) is 12.1 Å². The smallest absolute Gasteiger partial charge is 0.308 e. The van der Waals surface area contributed by atoms with Crippen LogP contribution < -0.4 is 14.2 Å². The highest BCUT2D eigenvalue weighted by Gasteiger charge is 2.61. The van der Waals surface area contributed by atoms with E-state index in [0.717, 1.165) is 22.3 Å². The summed E-state index contributed by atoms with van der Waals surface area (Å²) in [6, 6.07) is 6.94. The van der Waals surface area contributed by atoms with Crippen LogP contribution in [0, 0.1) is 0 Å². The van der Waals surface area contributed by atoms with Crippen LogP contribution in [0.3, 0.4) is 0 Å². The average Bonchev–Trinajstić information content (AvgIpc) is 3.14. The Morgan fingerprint density at radius 3 is 2.45 bits per heavy atom. The minimum atomic E-state index is -1.23. The van der Waals surface area contributed by atoms with Gasteiger partial charge in [-0.25, -0.2) is 0 Å². The first-order valence-electron chi connectivity index (χ1n) is 9.85. The zero-order valence-electron chi connectivity index (χ0n) is 17.3. The number of benzene rings is 2. The van der Waals surface area contributed by atoms with Gasteiger partial charge in [-0.15, -0.1) is 0 Å². The lowest BCUT2D eigenvalue weighted by Crippen LogP contribution is -2.60. The molecule has 0 unspecified atom stereocenters. The molecule has 31 heavy (non-hydrogen) atoms. The molecule has 1 aliphatic carbocycles. The van der Waals surface area contributed by atoms with Crippen LogP contribution in [-0.2, 0) is 44.1 Å². The summed E-state index contributed by atoms with van der Waals surface area (Å²) < 4.78 is 27.6. The number of Topliss-reactive ketones (excluding diaryl/α,β-unsaturated/α-hetero) is 1. The molecule has 1 spiro atoms. The quantitative estimate of drug-likeness (QED) is 0.548. The van der Waals surface area contributed by atoms with E-state index in [1.165, 1.54) is 33.1 Å². The summed E-state index contributed by atoms with van der Waals surface area (Å²) in [5, 5.41) is 0. The van der Waals surface area contributed by atoms with Crippen molar-refractivity contribution in [3.05, 3.63) is 52.1 Å². The van der Waals surface area contributed by atoms with E-state index in [0.29, 0.717) is 25.4 Å². The third-order valence-corrected chi connectivity index (χ3v) is 5.96. The molecule has 8 heteroatoms. The third kappa shape index (κ3) is 2.82. The highest BCUT2D eigenvalue weighted by molar-refractivity contribution is 6.11. The van der Waals surface area contributed by atoms with Gasteiger partial charge < -0.3 is 23.7 Å². The van der Waals surface area contributed by atoms with Gasteiger partial charge in [0.2, 0.25) is 0 Å². The Morgan fingerprint density at radius 2 is 1.77 bits per heavy atom. The number of methoxy groups -OCH3 is 1. The summed E-state index contributed by atoms with van der Waals surface area (Å²) in [4.78, 5) is 37.5. The number of fused-ring (bicyclic) bond motifs is 4. The van der Waals surface area contributed by atoms with Crippen molar-refractivity contribution in [1.29, 1.82) is 0 Å². The maximum absolute atomic E-state index is 13.9. The lowest BCUT2D eigenvalue weighted by atomic mass is 9.58. The minimum Gasteiger partial charge on any atom is -0.496 e. The fraction of sp³-hybridized carbons (Fsp3) is 0.348. The summed E-state index contributed by atoms with van der Waals surface area (Å²) in [5.74, 6) is -0.958. The second-order valence-electron chi connectivity index (χ2n) is 7.90. The Hall–Kier alpha value is -3.39. The van der Waals surface area contributed by atoms with Gasteiger partial charge in [0.1, 0.15) is 28.2 Å². The van der Waals surface area contributed by atoms with Crippen LogP contribution >= 0.6 is 0 Å². The zero-order chi connectivity index (χ0) is 21.9. The predicted molar refractivity (Wildman–Crippen MR) is 105 cm³/mol. The Bertz CT molecular complexity index is 1150. The zero-order valence-corrected chi connectivity index (χ0v) is 17.3. The first kappa shape index (κ1) is 19.6. The van der Waals surface area contributed by atoms with Gasteiger partial charge in [0.15, 0.2) is 5.78 Å². The number of hydrogen-bond acceptors (Lipinski definition) is 8. The Labute approximate surface area is 178 Å². The number of esters is 2. The van der Waals surface area contributed by atoms with E-state index >= 15 is 0 Å². The first-order chi connectivity index (χ1) is 14.8. The van der Waals surface area contributed by atoms with Crippen LogP contribution in [0.15, 0.2) is 24.3 Å². The normalized spacial score (nSPS) is 22.5. The lowest BCUT2D eigenvalue weighted by Gasteiger charge is -2.49. The van der Waals surface area contributed by atoms with E-state index in [1.54, 1.807) is 0 Å². The van der Waals surface area contributed by atoms with E-state index < -0.39 is 23.6 Å². The molecule has 0 aromatic heterocycles. The molecule has 8 nitrogen and oxygen atoms in total. The molecule has 2 aliphatic heterocycles. The van der Waals surface area contributed by atoms with Gasteiger partial charge >= 0.3 is 11.9 Å². The van der Waals surface area contributed by atoms with Crippen molar-refractivity contribution < 1.29 is 38.1 Å². The first-order valence-corrected chi connectivity index (χ1v) is 9.85. The highest BCUT2D eigenvalue weighted by atomic mass is 16.7. The Balaban J connectivity index is 1.69. The average molecular weight is 424 g/mol. The second kappa shape index (κ2) is 6.81. The summed E-state index contributed by atoms with van der Waals surface area (Å²) in [6.07, 6.45) is -0.827. The van der Waals surface area contributed by atoms with Crippen molar-refractivity contribution in [3.63, 3.8) is 0 Å². The second-order valence-corrected chi connectivity index (χ2v) is 7.90. The van der Waals surface area contributed by atoms with Gasteiger partial charge in [0, 0.05) is 26.0 Å². The summed E-state index contributed by atoms with van der Waals surface area (Å²) in [6.45, 7) is 3.51. The van der Waals surface area contributed by atoms with Crippen LogP contribution in [0.25, 0.3) is 0 Å². The molecule has 0 fully saturated rings. The molecule has 2 aromatic rings. The molecule has 0 radical (unpaired) electrons. The number of hydrogen-bond donors (Lipinski definition) is 0. The van der Waals surface area contributed by atoms with Crippen molar-refractivity contribution >= 4 is 17.7 Å². The molecule has 5 rings (SSSR count). The molecular weight excluding hydrogens is 404 g/mol. The maximum Gasteiger partial charge on any atom is 0.308 e. The minimum absolute atomic E-state index is 0.0467. The number of carbonyl (C=O) groups excluding carboxylic acids is 3. The van der Waals surface area contributed by atoms with Crippen LogP contribution in [-0.4, -0.2) is 31.1 Å². The SMILES string of the molecule is COc1cc(OC(C)=O)c2c(c1)O[C@H](OC(C)=O)[C@@]1(Cc3cc4c(cc31)COC4)C2=O. The monoisotopic (exact) mass is 424 g/mol. The van der Waals surface area contributed by atoms with Crippen LogP contribution in [0.5, 0.6) is 17.2 Å². The predicted octanol–water partition coefficient (Wildman–Crippen LogP) is 2.61. The van der Waals surface area contributed by atoms with Gasteiger partial charge in [-0.3, -0.25) is 14.4 Å². The molecule has 2 aromatic carbocycles. The fourth-order valence-corrected chi connectivity index (χ4v) is 4.60. The molecule has 0 N–H and O–H groups in total. The number of carbonyl (C=O) groups is 3. The molecule has 0 amide bonds. The van der Waals surface area contributed by atoms with Crippen LogP contribution in [0.4, 0.5) is 0 Å². The standard InChI is InChI=1S/C23H20O8/c1-11(24)29-18-6-16(27-3)7-19-20(18)21(26)23(22(31-19)30-12(2)25)8-13-4-14-9-28-10-15(14)5-17(13)23/h4-7,22H,8-10H2,1-3H3/t22-,23+/m0/s1. The van der Waals surface area contributed by atoms with E-state index in [-0.39, 0.29) is 22.8 Å². The van der Waals surface area contributed by atoms with Gasteiger partial charge in [-0.2, -0.15) is 0 Å². The molecule has 0 saturated carbocycles. The Morgan fingerprint density at radius 1 is 1.03 bits per heavy atom. The maximum atomic E-state index is 13.9. The molecule has 2 heterocycles. The van der Waals surface area contributed by atoms with Crippen LogP contribution in [0.1, 0.15) is 46.5 Å². The van der Waals surface area contributed by atoms with Crippen molar-refractivity contribution in [2.75, 3.05) is 7.11 Å². The molecule has 160 valence electrons. The van der Waals surface area contributed by atoms with Gasteiger partial charge in [0.05, 0.1) is 20.3 Å². The largest absolute Gasteiger partial charge is 0.496 e. The molecule has 2 atom stereocenters. The lowest BCUT2D eigenvalue weighted by molar-refractivity contribution is -0.172. The van der Waals surface area contributed by atoms with E-state index in [2.05, 4.69) is 0 Å². The summed E-state index contributed by atoms with van der Waals surface area (Å²) >= 11 is 0. The molecular formula is C23H20O8. The summed E-state index contributed by atoms with van der Waals surface area (Å²) in [7, 11) is 1.44. The van der Waals surface area contributed by atoms with E-state index in [4.69, 9.17) is 23.7 Å². The summed E-state index contributed by atoms with van der Waals surface area (Å²) in [5.41, 5.74) is 2.70. The van der Waals surface area contributed by atoms with E-state index in [9.17, 15) is 14.4 Å². The van der Waals surface area contributed by atoms with Crippen molar-refractivity contribution in [1.82, 2.24) is 0 Å².